The van der Waals surface area contributed by atoms with Crippen LogP contribution in [0, 0.1) is 5.92 Å². The highest BCUT2D eigenvalue weighted by Gasteiger charge is 2.45. The lowest BCUT2D eigenvalue weighted by Crippen LogP contribution is -2.27. The molecule has 0 saturated carbocycles. The first-order chi connectivity index (χ1) is 8.02. The van der Waals surface area contributed by atoms with E-state index in [4.69, 9.17) is 4.74 Å². The third-order valence-corrected chi connectivity index (χ3v) is 3.71. The van der Waals surface area contributed by atoms with Gasteiger partial charge in [-0.05, 0) is 17.7 Å². The molecule has 1 aliphatic carbocycles. The number of ether oxygens (including phenoxy) is 1. The number of fused-ring (bicyclic) bond motifs is 1. The number of benzene rings is 1. The van der Waals surface area contributed by atoms with Crippen molar-refractivity contribution in [1.29, 1.82) is 0 Å². The minimum absolute atomic E-state index is 0.0519. The molecule has 0 aromatic heterocycles. The van der Waals surface area contributed by atoms with E-state index in [0.29, 0.717) is 11.3 Å². The van der Waals surface area contributed by atoms with E-state index in [1.165, 1.54) is 0 Å². The van der Waals surface area contributed by atoms with E-state index in [9.17, 15) is 9.59 Å². The zero-order valence-corrected chi connectivity index (χ0v) is 10.3. The summed E-state index contributed by atoms with van der Waals surface area (Å²) >= 11 is 0. The van der Waals surface area contributed by atoms with Crippen LogP contribution in [0.2, 0.25) is 0 Å². The Morgan fingerprint density at radius 1 is 1.41 bits per heavy atom. The van der Waals surface area contributed by atoms with Crippen LogP contribution in [0.5, 0.6) is 5.75 Å². The summed E-state index contributed by atoms with van der Waals surface area (Å²) in [5, 5.41) is 0. The zero-order chi connectivity index (χ0) is 12.6. The molecule has 90 valence electrons. The van der Waals surface area contributed by atoms with Crippen LogP contribution in [0.1, 0.15) is 36.2 Å². The molecule has 0 bridgehead atoms. The average molecular weight is 232 g/mol. The topological polar surface area (TPSA) is 43.4 Å². The van der Waals surface area contributed by atoms with Crippen molar-refractivity contribution in [3.63, 3.8) is 0 Å². The second-order valence-corrected chi connectivity index (χ2v) is 4.95. The Balaban J connectivity index is 2.53. The van der Waals surface area contributed by atoms with Gasteiger partial charge in [-0.1, -0.05) is 19.9 Å². The molecule has 1 aromatic rings. The lowest BCUT2D eigenvalue weighted by molar-refractivity contribution is -0.108. The van der Waals surface area contributed by atoms with Gasteiger partial charge in [-0.2, -0.15) is 0 Å². The fourth-order valence-corrected chi connectivity index (χ4v) is 2.62. The van der Waals surface area contributed by atoms with E-state index in [1.54, 1.807) is 13.2 Å². The van der Waals surface area contributed by atoms with E-state index in [2.05, 4.69) is 0 Å². The summed E-state index contributed by atoms with van der Waals surface area (Å²) in [5.74, 6) is 0.484. The van der Waals surface area contributed by atoms with Crippen LogP contribution in [0.4, 0.5) is 0 Å². The van der Waals surface area contributed by atoms with Gasteiger partial charge in [-0.25, -0.2) is 0 Å². The summed E-state index contributed by atoms with van der Waals surface area (Å²) in [7, 11) is 1.58. The summed E-state index contributed by atoms with van der Waals surface area (Å²) in [6, 6.07) is 5.55. The molecule has 3 nitrogen and oxygen atoms in total. The van der Waals surface area contributed by atoms with Crippen molar-refractivity contribution in [2.24, 2.45) is 5.92 Å². The van der Waals surface area contributed by atoms with Gasteiger partial charge in [0.2, 0.25) is 0 Å². The van der Waals surface area contributed by atoms with Crippen LogP contribution in [0.15, 0.2) is 18.2 Å². The van der Waals surface area contributed by atoms with Gasteiger partial charge in [-0.15, -0.1) is 0 Å². The Morgan fingerprint density at radius 3 is 2.71 bits per heavy atom. The summed E-state index contributed by atoms with van der Waals surface area (Å²) in [5.41, 5.74) is 1.43. The fourth-order valence-electron chi connectivity index (χ4n) is 2.62. The number of Topliss-reactive ketones (excluding diaryl/α,β-unsaturated/α-hetero) is 1. The number of methoxy groups -OCH3 is 1. The standard InChI is InChI=1S/C14H16O3/c1-14(2)11-5-4-9(17-3)8-10(11)13(16)12(14)6-7-15/h4-5,7-8,12H,6H2,1-3H3/t12-/m1/s1. The quantitative estimate of drug-likeness (QED) is 0.751. The van der Waals surface area contributed by atoms with Gasteiger partial charge in [0.25, 0.3) is 0 Å². The maximum atomic E-state index is 12.3. The molecule has 0 amide bonds. The molecule has 0 N–H and O–H groups in total. The van der Waals surface area contributed by atoms with Gasteiger partial charge in [0, 0.05) is 23.3 Å². The molecule has 0 saturated heterocycles. The molecule has 0 fully saturated rings. The van der Waals surface area contributed by atoms with Crippen molar-refractivity contribution in [2.45, 2.75) is 25.7 Å². The summed E-state index contributed by atoms with van der Waals surface area (Å²) in [6.45, 7) is 4.02. The Kier molecular flexibility index (Phi) is 2.77. The third kappa shape index (κ3) is 1.66. The van der Waals surface area contributed by atoms with Crippen LogP contribution in [-0.2, 0) is 10.2 Å². The SMILES string of the molecule is COc1ccc2c(c1)C(=O)[C@@H](CC=O)C2(C)C. The first-order valence-corrected chi connectivity index (χ1v) is 5.68. The molecule has 2 rings (SSSR count). The highest BCUT2D eigenvalue weighted by molar-refractivity contribution is 6.05. The van der Waals surface area contributed by atoms with Crippen molar-refractivity contribution < 1.29 is 14.3 Å². The molecule has 0 spiro atoms. The van der Waals surface area contributed by atoms with Crippen LogP contribution >= 0.6 is 0 Å². The second kappa shape index (κ2) is 3.99. The fraction of sp³-hybridized carbons (Fsp3) is 0.429. The molecular formula is C14H16O3. The van der Waals surface area contributed by atoms with Crippen molar-refractivity contribution in [2.75, 3.05) is 7.11 Å². The molecule has 0 aliphatic heterocycles. The normalized spacial score (nSPS) is 21.1. The molecule has 0 heterocycles. The van der Waals surface area contributed by atoms with E-state index in [1.807, 2.05) is 26.0 Å². The zero-order valence-electron chi connectivity index (χ0n) is 10.3. The smallest absolute Gasteiger partial charge is 0.167 e. The number of carbonyl (C=O) groups is 2. The predicted molar refractivity (Wildman–Crippen MR) is 64.5 cm³/mol. The third-order valence-electron chi connectivity index (χ3n) is 3.71. The van der Waals surface area contributed by atoms with Crippen LogP contribution in [0.25, 0.3) is 0 Å². The second-order valence-electron chi connectivity index (χ2n) is 4.95. The molecule has 1 aromatic carbocycles. The average Bonchev–Trinajstić information content (AvgIpc) is 2.50. The Morgan fingerprint density at radius 2 is 2.12 bits per heavy atom. The van der Waals surface area contributed by atoms with E-state index >= 15 is 0 Å². The number of ketones is 1. The highest BCUT2D eigenvalue weighted by atomic mass is 16.5. The van der Waals surface area contributed by atoms with Gasteiger partial charge in [-0.3, -0.25) is 4.79 Å². The molecule has 0 unspecified atom stereocenters. The highest BCUT2D eigenvalue weighted by Crippen LogP contribution is 2.45. The van der Waals surface area contributed by atoms with E-state index < -0.39 is 0 Å². The van der Waals surface area contributed by atoms with Crippen molar-refractivity contribution in [3.8, 4) is 5.75 Å². The molecular weight excluding hydrogens is 216 g/mol. The maximum absolute atomic E-state index is 12.3. The number of rotatable bonds is 3. The van der Waals surface area contributed by atoms with Crippen LogP contribution in [0.3, 0.4) is 0 Å². The van der Waals surface area contributed by atoms with Crippen LogP contribution in [-0.4, -0.2) is 19.2 Å². The first-order valence-electron chi connectivity index (χ1n) is 5.68. The number of hydrogen-bond acceptors (Lipinski definition) is 3. The van der Waals surface area contributed by atoms with E-state index in [0.717, 1.165) is 11.8 Å². The molecule has 3 heteroatoms. The monoisotopic (exact) mass is 232 g/mol. The molecule has 0 radical (unpaired) electrons. The lowest BCUT2D eigenvalue weighted by atomic mass is 9.77. The Bertz CT molecular complexity index is 474. The van der Waals surface area contributed by atoms with Crippen molar-refractivity contribution in [3.05, 3.63) is 29.3 Å². The number of hydrogen-bond donors (Lipinski definition) is 0. The van der Waals surface area contributed by atoms with Crippen molar-refractivity contribution >= 4 is 12.1 Å². The molecule has 1 aliphatic rings. The first kappa shape index (κ1) is 11.8. The van der Waals surface area contributed by atoms with E-state index in [-0.39, 0.29) is 23.5 Å². The molecule has 17 heavy (non-hydrogen) atoms. The van der Waals surface area contributed by atoms with Gasteiger partial charge in [0.15, 0.2) is 5.78 Å². The van der Waals surface area contributed by atoms with Gasteiger partial charge >= 0.3 is 0 Å². The summed E-state index contributed by atoms with van der Waals surface area (Å²) in [6.07, 6.45) is 1.11. The van der Waals surface area contributed by atoms with Gasteiger partial charge < -0.3 is 9.53 Å². The molecule has 1 atom stereocenters. The van der Waals surface area contributed by atoms with Gasteiger partial charge in [0.05, 0.1) is 7.11 Å². The van der Waals surface area contributed by atoms with Gasteiger partial charge in [0.1, 0.15) is 12.0 Å². The number of aldehydes is 1. The number of carbonyl (C=O) groups excluding carboxylic acids is 2. The minimum atomic E-state index is -0.278. The van der Waals surface area contributed by atoms with Crippen molar-refractivity contribution in [1.82, 2.24) is 0 Å². The maximum Gasteiger partial charge on any atom is 0.167 e. The largest absolute Gasteiger partial charge is 0.497 e. The Hall–Kier alpha value is -1.64. The predicted octanol–water partition coefficient (Wildman–Crippen LogP) is 2.37. The Labute approximate surface area is 101 Å². The summed E-state index contributed by atoms with van der Waals surface area (Å²) in [4.78, 5) is 22.9. The lowest BCUT2D eigenvalue weighted by Gasteiger charge is -2.25. The van der Waals surface area contributed by atoms with Crippen LogP contribution < -0.4 is 4.74 Å². The summed E-state index contributed by atoms with van der Waals surface area (Å²) < 4.78 is 5.13. The minimum Gasteiger partial charge on any atom is -0.497 e.